The van der Waals surface area contributed by atoms with Crippen LogP contribution in [0.5, 0.6) is 11.5 Å². The molecule has 2 aliphatic rings. The zero-order valence-corrected chi connectivity index (χ0v) is 13.3. The van der Waals surface area contributed by atoms with Crippen LogP contribution in [0, 0.1) is 0 Å². The van der Waals surface area contributed by atoms with E-state index in [1.165, 1.54) is 18.4 Å². The highest BCUT2D eigenvalue weighted by atomic mass is 35.5. The summed E-state index contributed by atoms with van der Waals surface area (Å²) in [6.07, 6.45) is 3.40. The van der Waals surface area contributed by atoms with Crippen molar-refractivity contribution in [3.05, 3.63) is 22.7 Å². The molecule has 0 amide bonds. The second-order valence-corrected chi connectivity index (χ2v) is 6.28. The first kappa shape index (κ1) is 14.9. The SMILES string of the molecule is CN(Cc1cc(Cl)c2c(c1)OCCCO2)C1CCCNC1. The number of nitrogens with zero attached hydrogens (tertiary/aromatic N) is 1. The predicted molar refractivity (Wildman–Crippen MR) is 84.4 cm³/mol. The van der Waals surface area contributed by atoms with Crippen LogP contribution in [-0.4, -0.2) is 44.3 Å². The average Bonchev–Trinajstić information content (AvgIpc) is 2.74. The largest absolute Gasteiger partial charge is 0.489 e. The molecule has 1 aromatic rings. The Kier molecular flexibility index (Phi) is 4.88. The molecule has 21 heavy (non-hydrogen) atoms. The number of piperidine rings is 1. The fraction of sp³-hybridized carbons (Fsp3) is 0.625. The molecule has 1 unspecified atom stereocenters. The van der Waals surface area contributed by atoms with E-state index in [0.717, 1.165) is 31.8 Å². The van der Waals surface area contributed by atoms with Gasteiger partial charge in [0.2, 0.25) is 0 Å². The van der Waals surface area contributed by atoms with E-state index in [-0.39, 0.29) is 0 Å². The standard InChI is InChI=1S/C16H23ClN2O2/c1-19(13-4-2-5-18-10-13)11-12-8-14(17)16-15(9-12)20-6-3-7-21-16/h8-9,13,18H,2-7,10-11H2,1H3. The Balaban J connectivity index is 1.73. The summed E-state index contributed by atoms with van der Waals surface area (Å²) in [7, 11) is 2.18. The number of rotatable bonds is 3. The van der Waals surface area contributed by atoms with Crippen molar-refractivity contribution in [1.29, 1.82) is 0 Å². The molecule has 1 atom stereocenters. The molecule has 4 nitrogen and oxygen atoms in total. The summed E-state index contributed by atoms with van der Waals surface area (Å²) in [5, 5.41) is 4.11. The first-order chi connectivity index (χ1) is 10.2. The average molecular weight is 311 g/mol. The molecule has 3 rings (SSSR count). The number of benzene rings is 1. The van der Waals surface area contributed by atoms with E-state index in [1.54, 1.807) is 0 Å². The highest BCUT2D eigenvalue weighted by molar-refractivity contribution is 6.32. The van der Waals surface area contributed by atoms with Gasteiger partial charge in [-0.25, -0.2) is 0 Å². The lowest BCUT2D eigenvalue weighted by molar-refractivity contribution is 0.195. The van der Waals surface area contributed by atoms with Crippen LogP contribution in [0.15, 0.2) is 12.1 Å². The van der Waals surface area contributed by atoms with E-state index in [0.29, 0.717) is 30.0 Å². The minimum atomic E-state index is 0.591. The van der Waals surface area contributed by atoms with Crippen LogP contribution in [0.2, 0.25) is 5.02 Å². The van der Waals surface area contributed by atoms with Gasteiger partial charge >= 0.3 is 0 Å². The zero-order valence-electron chi connectivity index (χ0n) is 12.5. The minimum Gasteiger partial charge on any atom is -0.489 e. The van der Waals surface area contributed by atoms with E-state index in [2.05, 4.69) is 23.3 Å². The van der Waals surface area contributed by atoms with Gasteiger partial charge in [0, 0.05) is 25.6 Å². The summed E-state index contributed by atoms with van der Waals surface area (Å²) in [6, 6.07) is 4.66. The van der Waals surface area contributed by atoms with Crippen molar-refractivity contribution in [1.82, 2.24) is 10.2 Å². The molecule has 116 valence electrons. The van der Waals surface area contributed by atoms with Gasteiger partial charge in [-0.2, -0.15) is 0 Å². The van der Waals surface area contributed by atoms with Crippen molar-refractivity contribution in [2.45, 2.75) is 31.8 Å². The number of nitrogens with one attached hydrogen (secondary N) is 1. The van der Waals surface area contributed by atoms with Crippen molar-refractivity contribution in [3.8, 4) is 11.5 Å². The van der Waals surface area contributed by atoms with Gasteiger partial charge in [-0.3, -0.25) is 4.90 Å². The Bertz CT molecular complexity index is 489. The fourth-order valence-corrected chi connectivity index (χ4v) is 3.29. The van der Waals surface area contributed by atoms with Crippen LogP contribution >= 0.6 is 11.6 Å². The van der Waals surface area contributed by atoms with Crippen molar-refractivity contribution in [2.24, 2.45) is 0 Å². The maximum atomic E-state index is 6.35. The Morgan fingerprint density at radius 2 is 2.14 bits per heavy atom. The molecule has 0 saturated carbocycles. The molecular weight excluding hydrogens is 288 g/mol. The van der Waals surface area contributed by atoms with Gasteiger partial charge in [-0.15, -0.1) is 0 Å². The van der Waals surface area contributed by atoms with Crippen molar-refractivity contribution in [3.63, 3.8) is 0 Å². The predicted octanol–water partition coefficient (Wildman–Crippen LogP) is 2.69. The van der Waals surface area contributed by atoms with Gasteiger partial charge in [0.1, 0.15) is 0 Å². The third kappa shape index (κ3) is 3.62. The lowest BCUT2D eigenvalue weighted by Crippen LogP contribution is -2.43. The molecule has 0 radical (unpaired) electrons. The monoisotopic (exact) mass is 310 g/mol. The van der Waals surface area contributed by atoms with E-state index in [4.69, 9.17) is 21.1 Å². The second-order valence-electron chi connectivity index (χ2n) is 5.87. The third-order valence-electron chi connectivity index (χ3n) is 4.19. The van der Waals surface area contributed by atoms with Crippen LogP contribution in [-0.2, 0) is 6.54 Å². The number of ether oxygens (including phenoxy) is 2. The van der Waals surface area contributed by atoms with Gasteiger partial charge in [-0.1, -0.05) is 11.6 Å². The first-order valence-corrected chi connectivity index (χ1v) is 8.11. The van der Waals surface area contributed by atoms with Gasteiger partial charge in [0.05, 0.1) is 18.2 Å². The lowest BCUT2D eigenvalue weighted by Gasteiger charge is -2.31. The van der Waals surface area contributed by atoms with Crippen LogP contribution in [0.25, 0.3) is 0 Å². The zero-order chi connectivity index (χ0) is 14.7. The smallest absolute Gasteiger partial charge is 0.179 e. The van der Waals surface area contributed by atoms with Gasteiger partial charge in [-0.05, 0) is 44.1 Å². The van der Waals surface area contributed by atoms with E-state index < -0.39 is 0 Å². The molecule has 2 heterocycles. The molecule has 2 aliphatic heterocycles. The maximum Gasteiger partial charge on any atom is 0.179 e. The summed E-state index contributed by atoms with van der Waals surface area (Å²) in [6.45, 7) is 4.44. The molecule has 0 bridgehead atoms. The van der Waals surface area contributed by atoms with E-state index >= 15 is 0 Å². The van der Waals surface area contributed by atoms with E-state index in [9.17, 15) is 0 Å². The molecule has 0 aromatic heterocycles. The highest BCUT2D eigenvalue weighted by Crippen LogP contribution is 2.38. The van der Waals surface area contributed by atoms with Crippen LogP contribution in [0.3, 0.4) is 0 Å². The summed E-state index contributed by atoms with van der Waals surface area (Å²) >= 11 is 6.35. The van der Waals surface area contributed by atoms with Crippen molar-refractivity contribution < 1.29 is 9.47 Å². The topological polar surface area (TPSA) is 33.7 Å². The third-order valence-corrected chi connectivity index (χ3v) is 4.47. The molecule has 1 N–H and O–H groups in total. The van der Waals surface area contributed by atoms with Crippen LogP contribution in [0.1, 0.15) is 24.8 Å². The summed E-state index contributed by atoms with van der Waals surface area (Å²) in [5.41, 5.74) is 1.18. The maximum absolute atomic E-state index is 6.35. The summed E-state index contributed by atoms with van der Waals surface area (Å²) in [5.74, 6) is 1.48. The summed E-state index contributed by atoms with van der Waals surface area (Å²) < 4.78 is 11.4. The van der Waals surface area contributed by atoms with Gasteiger partial charge in [0.15, 0.2) is 11.5 Å². The molecule has 5 heteroatoms. The van der Waals surface area contributed by atoms with Gasteiger partial charge < -0.3 is 14.8 Å². The summed E-state index contributed by atoms with van der Waals surface area (Å²) in [4.78, 5) is 2.39. The van der Waals surface area contributed by atoms with Crippen molar-refractivity contribution in [2.75, 3.05) is 33.4 Å². The molecule has 1 saturated heterocycles. The number of hydrogen-bond acceptors (Lipinski definition) is 4. The number of fused-ring (bicyclic) bond motifs is 1. The lowest BCUT2D eigenvalue weighted by atomic mass is 10.1. The Hall–Kier alpha value is -0.970. The molecule has 0 aliphatic carbocycles. The molecular formula is C16H23ClN2O2. The molecule has 1 aromatic carbocycles. The number of likely N-dealkylation sites (N-methyl/N-ethyl adjacent to an activating group) is 1. The Labute approximate surface area is 131 Å². The Morgan fingerprint density at radius 3 is 2.95 bits per heavy atom. The Morgan fingerprint density at radius 1 is 1.29 bits per heavy atom. The quantitative estimate of drug-likeness (QED) is 0.931. The van der Waals surface area contributed by atoms with Crippen LogP contribution < -0.4 is 14.8 Å². The molecule has 0 spiro atoms. The molecule has 1 fully saturated rings. The number of hydrogen-bond donors (Lipinski definition) is 1. The minimum absolute atomic E-state index is 0.591. The fourth-order valence-electron chi connectivity index (χ4n) is 3.00. The van der Waals surface area contributed by atoms with Crippen LogP contribution in [0.4, 0.5) is 0 Å². The van der Waals surface area contributed by atoms with Crippen molar-refractivity contribution >= 4 is 11.6 Å². The first-order valence-electron chi connectivity index (χ1n) is 7.73. The second kappa shape index (κ2) is 6.86. The van der Waals surface area contributed by atoms with Gasteiger partial charge in [0.25, 0.3) is 0 Å². The normalized spacial score (nSPS) is 22.1. The highest BCUT2D eigenvalue weighted by Gasteiger charge is 2.20. The van der Waals surface area contributed by atoms with E-state index in [1.807, 2.05) is 6.07 Å². The number of halogens is 1.